The minimum absolute atomic E-state index is 0.115. The largest absolute Gasteiger partial charge is 0.338 e. The van der Waals surface area contributed by atoms with Gasteiger partial charge in [0.05, 0.1) is 11.2 Å². The molecule has 1 saturated heterocycles. The second kappa shape index (κ2) is 7.94. The van der Waals surface area contributed by atoms with Crippen molar-refractivity contribution in [2.24, 2.45) is 0 Å². The monoisotopic (exact) mass is 415 g/mol. The Morgan fingerprint density at radius 2 is 1.93 bits per heavy atom. The summed E-state index contributed by atoms with van der Waals surface area (Å²) in [6.07, 6.45) is 3.91. The van der Waals surface area contributed by atoms with Crippen LogP contribution < -0.4 is 11.2 Å². The van der Waals surface area contributed by atoms with E-state index in [1.807, 2.05) is 4.90 Å². The van der Waals surface area contributed by atoms with Crippen molar-refractivity contribution < 1.29 is 9.18 Å². The second-order valence-corrected chi connectivity index (χ2v) is 8.18. The van der Waals surface area contributed by atoms with Gasteiger partial charge in [0.25, 0.3) is 5.56 Å². The van der Waals surface area contributed by atoms with Crippen LogP contribution in [0.25, 0.3) is 15.9 Å². The highest BCUT2D eigenvalue weighted by Gasteiger charge is 2.27. The summed E-state index contributed by atoms with van der Waals surface area (Å²) in [4.78, 5) is 41.1. The smallest absolute Gasteiger partial charge is 0.336 e. The van der Waals surface area contributed by atoms with Gasteiger partial charge >= 0.3 is 5.69 Å². The molecule has 1 atom stereocenters. The van der Waals surface area contributed by atoms with Crippen LogP contribution in [0.15, 0.2) is 45.3 Å². The number of hydrogen-bond acceptors (Lipinski definition) is 4. The van der Waals surface area contributed by atoms with Gasteiger partial charge in [0, 0.05) is 12.6 Å². The Morgan fingerprint density at radius 1 is 1.17 bits per heavy atom. The highest BCUT2D eigenvalue weighted by atomic mass is 32.1. The van der Waals surface area contributed by atoms with E-state index in [2.05, 4.69) is 6.92 Å². The molecule has 1 aromatic carbocycles. The Labute approximate surface area is 170 Å². The number of fused-ring (bicyclic) bond motifs is 1. The fourth-order valence-corrected chi connectivity index (χ4v) is 4.86. The molecule has 0 radical (unpaired) electrons. The van der Waals surface area contributed by atoms with Crippen molar-refractivity contribution in [1.29, 1.82) is 0 Å². The van der Waals surface area contributed by atoms with Crippen molar-refractivity contribution in [3.05, 3.63) is 62.4 Å². The zero-order valence-corrected chi connectivity index (χ0v) is 17.0. The maximum absolute atomic E-state index is 13.3. The number of likely N-dealkylation sites (tertiary alicyclic amines) is 1. The molecular formula is C21H22FN3O3S. The van der Waals surface area contributed by atoms with Crippen molar-refractivity contribution >= 4 is 27.5 Å². The number of thiophene rings is 1. The summed E-state index contributed by atoms with van der Waals surface area (Å²) in [6.45, 7) is 2.63. The number of piperidine rings is 1. The summed E-state index contributed by atoms with van der Waals surface area (Å²) in [5, 5.41) is 1.73. The first kappa shape index (κ1) is 19.6. The molecule has 3 heterocycles. The zero-order valence-electron chi connectivity index (χ0n) is 16.1. The van der Waals surface area contributed by atoms with Gasteiger partial charge in [0.15, 0.2) is 0 Å². The van der Waals surface area contributed by atoms with Gasteiger partial charge in [0.2, 0.25) is 5.91 Å². The summed E-state index contributed by atoms with van der Waals surface area (Å²) in [5.74, 6) is -0.569. The van der Waals surface area contributed by atoms with E-state index in [9.17, 15) is 18.8 Å². The molecule has 0 bridgehead atoms. The summed E-state index contributed by atoms with van der Waals surface area (Å²) in [7, 11) is 0. The van der Waals surface area contributed by atoms with E-state index in [0.29, 0.717) is 16.8 Å². The molecule has 2 aromatic heterocycles. The minimum atomic E-state index is -0.592. The van der Waals surface area contributed by atoms with Crippen molar-refractivity contribution in [2.45, 2.75) is 45.2 Å². The number of nitrogens with zero attached hydrogens (tertiary/aromatic N) is 3. The average molecular weight is 415 g/mol. The van der Waals surface area contributed by atoms with Gasteiger partial charge in [-0.25, -0.2) is 13.8 Å². The second-order valence-electron chi connectivity index (χ2n) is 7.27. The SMILES string of the molecule is CCC1CCCCN1C(=O)Cn1c(=O)n(-c2ccc(F)cc2)c(=O)c2sccc21. The Kier molecular flexibility index (Phi) is 5.36. The van der Waals surface area contributed by atoms with Gasteiger partial charge < -0.3 is 4.90 Å². The standard InChI is InChI=1S/C21H22FN3O3S/c1-2-15-5-3-4-11-23(15)18(26)13-24-17-10-12-29-19(17)20(27)25(21(24)28)16-8-6-14(22)7-9-16/h6-10,12,15H,2-5,11,13H2,1H3. The number of hydrogen-bond donors (Lipinski definition) is 0. The van der Waals surface area contributed by atoms with Crippen LogP contribution >= 0.6 is 11.3 Å². The molecule has 0 N–H and O–H groups in total. The minimum Gasteiger partial charge on any atom is -0.338 e. The predicted molar refractivity (Wildman–Crippen MR) is 111 cm³/mol. The fraction of sp³-hybridized carbons (Fsp3) is 0.381. The molecule has 3 aromatic rings. The van der Waals surface area contributed by atoms with Crippen LogP contribution in [0.5, 0.6) is 0 Å². The summed E-state index contributed by atoms with van der Waals surface area (Å²) in [6, 6.07) is 7.07. The van der Waals surface area contributed by atoms with E-state index >= 15 is 0 Å². The highest BCUT2D eigenvalue weighted by molar-refractivity contribution is 7.17. The van der Waals surface area contributed by atoms with Crippen LogP contribution in [0.1, 0.15) is 32.6 Å². The van der Waals surface area contributed by atoms with E-state index < -0.39 is 17.1 Å². The molecule has 1 unspecified atom stereocenters. The Bertz CT molecular complexity index is 1160. The summed E-state index contributed by atoms with van der Waals surface area (Å²) in [5.41, 5.74) is -0.310. The van der Waals surface area contributed by atoms with Crippen LogP contribution in [0.3, 0.4) is 0 Å². The average Bonchev–Trinajstić information content (AvgIpc) is 3.22. The molecule has 1 amide bonds. The first-order chi connectivity index (χ1) is 14.0. The predicted octanol–water partition coefficient (Wildman–Crippen LogP) is 3.14. The molecule has 4 rings (SSSR count). The Balaban J connectivity index is 1.81. The van der Waals surface area contributed by atoms with Crippen LogP contribution in [-0.2, 0) is 11.3 Å². The number of amides is 1. The van der Waals surface area contributed by atoms with Gasteiger partial charge in [-0.2, -0.15) is 0 Å². The highest BCUT2D eigenvalue weighted by Crippen LogP contribution is 2.21. The molecule has 1 fully saturated rings. The first-order valence-electron chi connectivity index (χ1n) is 9.79. The topological polar surface area (TPSA) is 64.3 Å². The lowest BCUT2D eigenvalue weighted by molar-refractivity contribution is -0.135. The Hall–Kier alpha value is -2.74. The van der Waals surface area contributed by atoms with Gasteiger partial charge in [-0.05, 0) is 61.4 Å². The molecule has 0 aliphatic carbocycles. The fourth-order valence-electron chi connectivity index (χ4n) is 4.04. The van der Waals surface area contributed by atoms with Crippen molar-refractivity contribution in [1.82, 2.24) is 14.0 Å². The maximum atomic E-state index is 13.3. The number of carbonyl (C=O) groups excluding carboxylic acids is 1. The molecule has 0 saturated carbocycles. The number of halogens is 1. The van der Waals surface area contributed by atoms with E-state index in [4.69, 9.17) is 0 Å². The lowest BCUT2D eigenvalue weighted by atomic mass is 10.00. The van der Waals surface area contributed by atoms with E-state index in [-0.39, 0.29) is 24.2 Å². The maximum Gasteiger partial charge on any atom is 0.336 e. The quantitative estimate of drug-likeness (QED) is 0.658. The van der Waals surface area contributed by atoms with E-state index in [0.717, 1.165) is 30.3 Å². The first-order valence-corrected chi connectivity index (χ1v) is 10.7. The molecule has 1 aliphatic heterocycles. The third-order valence-electron chi connectivity index (χ3n) is 5.55. The normalized spacial score (nSPS) is 17.0. The third kappa shape index (κ3) is 3.53. The van der Waals surface area contributed by atoms with E-state index in [1.165, 1.54) is 40.2 Å². The number of aromatic nitrogens is 2. The number of benzene rings is 1. The van der Waals surface area contributed by atoms with Crippen LogP contribution in [-0.4, -0.2) is 32.5 Å². The van der Waals surface area contributed by atoms with Gasteiger partial charge in [-0.3, -0.25) is 14.2 Å². The zero-order chi connectivity index (χ0) is 20.5. The molecule has 8 heteroatoms. The van der Waals surface area contributed by atoms with Crippen molar-refractivity contribution in [2.75, 3.05) is 6.54 Å². The van der Waals surface area contributed by atoms with Gasteiger partial charge in [-0.1, -0.05) is 6.92 Å². The van der Waals surface area contributed by atoms with Crippen LogP contribution in [0.2, 0.25) is 0 Å². The van der Waals surface area contributed by atoms with Crippen LogP contribution in [0, 0.1) is 5.82 Å². The lowest BCUT2D eigenvalue weighted by Crippen LogP contribution is -2.47. The summed E-state index contributed by atoms with van der Waals surface area (Å²) < 4.78 is 16.1. The molecular weight excluding hydrogens is 393 g/mol. The van der Waals surface area contributed by atoms with Crippen molar-refractivity contribution in [3.63, 3.8) is 0 Å². The Morgan fingerprint density at radius 3 is 2.66 bits per heavy atom. The van der Waals surface area contributed by atoms with Gasteiger partial charge in [0.1, 0.15) is 17.1 Å². The number of carbonyl (C=O) groups is 1. The van der Waals surface area contributed by atoms with Crippen molar-refractivity contribution in [3.8, 4) is 5.69 Å². The van der Waals surface area contributed by atoms with Crippen LogP contribution in [0.4, 0.5) is 4.39 Å². The molecule has 1 aliphatic rings. The molecule has 0 spiro atoms. The lowest BCUT2D eigenvalue weighted by Gasteiger charge is -2.35. The third-order valence-corrected chi connectivity index (χ3v) is 6.44. The molecule has 152 valence electrons. The summed E-state index contributed by atoms with van der Waals surface area (Å²) >= 11 is 1.22. The van der Waals surface area contributed by atoms with E-state index in [1.54, 1.807) is 11.4 Å². The molecule has 6 nitrogen and oxygen atoms in total. The molecule has 29 heavy (non-hydrogen) atoms. The van der Waals surface area contributed by atoms with Gasteiger partial charge in [-0.15, -0.1) is 11.3 Å². The number of rotatable bonds is 4.